The lowest BCUT2D eigenvalue weighted by atomic mass is 10.3. The van der Waals surface area contributed by atoms with Gasteiger partial charge in [0.15, 0.2) is 0 Å². The maximum Gasteiger partial charge on any atom is 0.228 e. The molecule has 22 heavy (non-hydrogen) atoms. The summed E-state index contributed by atoms with van der Waals surface area (Å²) in [7, 11) is 0. The van der Waals surface area contributed by atoms with Crippen molar-refractivity contribution in [2.75, 3.05) is 0 Å². The summed E-state index contributed by atoms with van der Waals surface area (Å²) in [5.41, 5.74) is 2.95. The smallest absolute Gasteiger partial charge is 0.228 e. The molecule has 6 nitrogen and oxygen atoms in total. The molecular weight excluding hydrogens is 278 g/mol. The van der Waals surface area contributed by atoms with Crippen LogP contribution in [0.4, 0.5) is 0 Å². The topological polar surface area (TPSA) is 69.6 Å². The van der Waals surface area contributed by atoms with Crippen molar-refractivity contribution in [3.63, 3.8) is 0 Å². The van der Waals surface area contributed by atoms with Crippen molar-refractivity contribution < 1.29 is 4.52 Å². The Morgan fingerprint density at radius 1 is 1.09 bits per heavy atom. The minimum absolute atomic E-state index is 0.568. The molecule has 4 aromatic rings. The number of nitrogens with zero attached hydrogens (tertiary/aromatic N) is 5. The largest absolute Gasteiger partial charge is 0.339 e. The van der Waals surface area contributed by atoms with Gasteiger partial charge < -0.3 is 9.09 Å². The molecule has 4 rings (SSSR count). The quantitative estimate of drug-likeness (QED) is 0.578. The molecule has 3 heterocycles. The first kappa shape index (κ1) is 12.7. The van der Waals surface area contributed by atoms with E-state index in [4.69, 9.17) is 4.52 Å². The Balaban J connectivity index is 1.52. The number of hydrogen-bond donors (Lipinski definition) is 0. The summed E-state index contributed by atoms with van der Waals surface area (Å²) in [5, 5.41) is 4.00. The van der Waals surface area contributed by atoms with Gasteiger partial charge in [-0.15, -0.1) is 0 Å². The molecule has 0 aliphatic heterocycles. The number of pyridine rings is 1. The number of aryl methyl sites for hydroxylation is 2. The van der Waals surface area contributed by atoms with Gasteiger partial charge in [0.05, 0.1) is 17.4 Å². The molecule has 1 aromatic carbocycles. The fraction of sp³-hybridized carbons (Fsp3) is 0.125. The van der Waals surface area contributed by atoms with Crippen molar-refractivity contribution in [1.82, 2.24) is 24.7 Å². The standard InChI is InChI=1S/C16H13N5O/c1-2-6-14-13(5-1)18-11-21(14)9-7-15-19-16(20-22-15)12-4-3-8-17-10-12/h1-6,8,10-11H,7,9H2. The molecule has 0 fully saturated rings. The van der Waals surface area contributed by atoms with Gasteiger partial charge in [-0.25, -0.2) is 4.98 Å². The second-order valence-corrected chi connectivity index (χ2v) is 4.93. The zero-order chi connectivity index (χ0) is 14.8. The summed E-state index contributed by atoms with van der Waals surface area (Å²) < 4.78 is 7.39. The lowest BCUT2D eigenvalue weighted by molar-refractivity contribution is 0.373. The molecule has 0 aliphatic rings. The molecule has 0 bridgehead atoms. The normalized spacial score (nSPS) is 11.1. The molecule has 0 unspecified atom stereocenters. The van der Waals surface area contributed by atoms with Crippen LogP contribution in [0.5, 0.6) is 0 Å². The summed E-state index contributed by atoms with van der Waals surface area (Å²) in [6.07, 6.45) is 5.93. The maximum absolute atomic E-state index is 5.31. The SMILES string of the molecule is c1cncc(-c2noc(CCn3cnc4ccccc43)n2)c1. The number of hydrogen-bond acceptors (Lipinski definition) is 5. The number of fused-ring (bicyclic) bond motifs is 1. The van der Waals surface area contributed by atoms with E-state index in [1.165, 1.54) is 0 Å². The van der Waals surface area contributed by atoms with Gasteiger partial charge in [-0.3, -0.25) is 4.98 Å². The van der Waals surface area contributed by atoms with E-state index in [9.17, 15) is 0 Å². The van der Waals surface area contributed by atoms with Gasteiger partial charge in [-0.2, -0.15) is 4.98 Å². The van der Waals surface area contributed by atoms with Crippen molar-refractivity contribution in [3.05, 3.63) is 61.0 Å². The van der Waals surface area contributed by atoms with Crippen LogP contribution in [0.1, 0.15) is 5.89 Å². The Morgan fingerprint density at radius 2 is 2.05 bits per heavy atom. The van der Waals surface area contributed by atoms with E-state index in [1.54, 1.807) is 12.4 Å². The Kier molecular flexibility index (Phi) is 3.12. The zero-order valence-electron chi connectivity index (χ0n) is 11.8. The highest BCUT2D eigenvalue weighted by atomic mass is 16.5. The van der Waals surface area contributed by atoms with Crippen molar-refractivity contribution in [2.45, 2.75) is 13.0 Å². The van der Waals surface area contributed by atoms with E-state index in [0.717, 1.165) is 23.1 Å². The highest BCUT2D eigenvalue weighted by Gasteiger charge is 2.09. The molecular formula is C16H13N5O. The first-order valence-electron chi connectivity index (χ1n) is 7.03. The molecule has 0 atom stereocenters. The molecule has 108 valence electrons. The van der Waals surface area contributed by atoms with E-state index in [0.29, 0.717) is 18.1 Å². The van der Waals surface area contributed by atoms with Crippen molar-refractivity contribution in [1.29, 1.82) is 0 Å². The van der Waals surface area contributed by atoms with Crippen LogP contribution in [0.25, 0.3) is 22.4 Å². The molecule has 6 heteroatoms. The van der Waals surface area contributed by atoms with E-state index in [2.05, 4.69) is 30.7 Å². The van der Waals surface area contributed by atoms with E-state index in [1.807, 2.05) is 36.7 Å². The van der Waals surface area contributed by atoms with Crippen molar-refractivity contribution >= 4 is 11.0 Å². The Labute approximate surface area is 126 Å². The lowest BCUT2D eigenvalue weighted by Crippen LogP contribution is -2.00. The number of aromatic nitrogens is 5. The average molecular weight is 291 g/mol. The van der Waals surface area contributed by atoms with E-state index < -0.39 is 0 Å². The molecule has 0 spiro atoms. The van der Waals surface area contributed by atoms with Gasteiger partial charge in [-0.1, -0.05) is 17.3 Å². The second kappa shape index (κ2) is 5.40. The molecule has 0 N–H and O–H groups in total. The minimum Gasteiger partial charge on any atom is -0.339 e. The fourth-order valence-corrected chi connectivity index (χ4v) is 2.37. The summed E-state index contributed by atoms with van der Waals surface area (Å²) in [4.78, 5) is 12.8. The van der Waals surface area contributed by atoms with Gasteiger partial charge in [0.25, 0.3) is 0 Å². The third-order valence-electron chi connectivity index (χ3n) is 3.48. The van der Waals surface area contributed by atoms with Crippen LogP contribution in [-0.2, 0) is 13.0 Å². The number of para-hydroxylation sites is 2. The van der Waals surface area contributed by atoms with Crippen molar-refractivity contribution in [3.8, 4) is 11.4 Å². The highest BCUT2D eigenvalue weighted by molar-refractivity contribution is 5.74. The molecule has 0 saturated carbocycles. The van der Waals surface area contributed by atoms with E-state index in [-0.39, 0.29) is 0 Å². The van der Waals surface area contributed by atoms with Crippen LogP contribution in [0, 0.1) is 0 Å². The average Bonchev–Trinajstić information content (AvgIpc) is 3.21. The maximum atomic E-state index is 5.31. The van der Waals surface area contributed by atoms with Crippen LogP contribution in [0.3, 0.4) is 0 Å². The van der Waals surface area contributed by atoms with Crippen molar-refractivity contribution in [2.24, 2.45) is 0 Å². The van der Waals surface area contributed by atoms with Gasteiger partial charge >= 0.3 is 0 Å². The Morgan fingerprint density at radius 3 is 2.95 bits per heavy atom. The summed E-state index contributed by atoms with van der Waals surface area (Å²) in [6.45, 7) is 0.745. The minimum atomic E-state index is 0.568. The predicted molar refractivity (Wildman–Crippen MR) is 81.0 cm³/mol. The molecule has 0 radical (unpaired) electrons. The summed E-state index contributed by atoms with van der Waals surface area (Å²) >= 11 is 0. The van der Waals surface area contributed by atoms with Crippen LogP contribution in [0.2, 0.25) is 0 Å². The number of imidazole rings is 1. The van der Waals surface area contributed by atoms with Crippen LogP contribution in [0.15, 0.2) is 59.6 Å². The summed E-state index contributed by atoms with van der Waals surface area (Å²) in [6, 6.07) is 11.8. The van der Waals surface area contributed by atoms with Gasteiger partial charge in [0.2, 0.25) is 11.7 Å². The molecule has 3 aromatic heterocycles. The first-order chi connectivity index (χ1) is 10.9. The number of benzene rings is 1. The first-order valence-corrected chi connectivity index (χ1v) is 7.03. The summed E-state index contributed by atoms with van der Waals surface area (Å²) in [5.74, 6) is 1.18. The van der Waals surface area contributed by atoms with Crippen LogP contribution in [-0.4, -0.2) is 24.7 Å². The van der Waals surface area contributed by atoms with Gasteiger partial charge in [-0.05, 0) is 24.3 Å². The van der Waals surface area contributed by atoms with Gasteiger partial charge in [0, 0.05) is 30.9 Å². The Bertz CT molecular complexity index is 897. The van der Waals surface area contributed by atoms with Crippen LogP contribution >= 0.6 is 0 Å². The Hall–Kier alpha value is -3.02. The van der Waals surface area contributed by atoms with Gasteiger partial charge in [0.1, 0.15) is 0 Å². The molecule has 0 saturated heterocycles. The fourth-order valence-electron chi connectivity index (χ4n) is 2.37. The zero-order valence-corrected chi connectivity index (χ0v) is 11.8. The molecule has 0 aliphatic carbocycles. The monoisotopic (exact) mass is 291 g/mol. The molecule has 0 amide bonds. The van der Waals surface area contributed by atoms with E-state index >= 15 is 0 Å². The van der Waals surface area contributed by atoms with Crippen LogP contribution < -0.4 is 0 Å². The second-order valence-electron chi connectivity index (χ2n) is 4.93. The lowest BCUT2D eigenvalue weighted by Gasteiger charge is -2.00. The highest BCUT2D eigenvalue weighted by Crippen LogP contribution is 2.15. The third kappa shape index (κ3) is 2.35. The predicted octanol–water partition coefficient (Wildman–Crippen LogP) is 2.72. The number of rotatable bonds is 4. The third-order valence-corrected chi connectivity index (χ3v) is 3.48.